The van der Waals surface area contributed by atoms with Gasteiger partial charge in [-0.25, -0.2) is 18.4 Å². The summed E-state index contributed by atoms with van der Waals surface area (Å²) in [5.41, 5.74) is -0.398. The molecule has 1 aliphatic rings. The lowest BCUT2D eigenvalue weighted by Crippen LogP contribution is -2.57. The summed E-state index contributed by atoms with van der Waals surface area (Å²) in [6, 6.07) is 13.0. The highest BCUT2D eigenvalue weighted by Crippen LogP contribution is 2.33. The lowest BCUT2D eigenvalue weighted by molar-refractivity contribution is -0.0650. The molecule has 2 aromatic carbocycles. The minimum Gasteiger partial charge on any atom is -0.381 e. The van der Waals surface area contributed by atoms with Crippen molar-refractivity contribution in [3.8, 4) is 0 Å². The van der Waals surface area contributed by atoms with Crippen LogP contribution in [0.4, 0.5) is 14.5 Å². The average Bonchev–Trinajstić information content (AvgIpc) is 3.26. The quantitative estimate of drug-likeness (QED) is 0.673. The fourth-order valence-corrected chi connectivity index (χ4v) is 4.15. The van der Waals surface area contributed by atoms with E-state index in [0.29, 0.717) is 13.1 Å². The lowest BCUT2D eigenvalue weighted by Gasteiger charge is -2.45. The summed E-state index contributed by atoms with van der Waals surface area (Å²) in [5.74, 6) is -1.45. The zero-order chi connectivity index (χ0) is 21.1. The number of benzene rings is 2. The standard InChI is InChI=1S/C22H25F2N5O/c1-17(27-9-11-28(12-10-27)19-5-3-2-4-6-19)22(30,14-29-16-25-15-26-29)20-8-7-18(23)13-21(20)24/h2-8,13,15-17,30H,9-12,14H2,1H3/t17-,22-/m1/s1. The molecule has 158 valence electrons. The van der Waals surface area contributed by atoms with E-state index in [4.69, 9.17) is 0 Å². The van der Waals surface area contributed by atoms with Crippen LogP contribution in [0, 0.1) is 11.6 Å². The molecule has 3 aromatic rings. The van der Waals surface area contributed by atoms with E-state index in [1.807, 2.05) is 25.1 Å². The van der Waals surface area contributed by atoms with Gasteiger partial charge in [0.25, 0.3) is 0 Å². The van der Waals surface area contributed by atoms with Crippen LogP contribution >= 0.6 is 0 Å². The Kier molecular flexibility index (Phi) is 5.78. The van der Waals surface area contributed by atoms with Crippen LogP contribution in [-0.2, 0) is 12.1 Å². The van der Waals surface area contributed by atoms with Gasteiger partial charge in [0.15, 0.2) is 0 Å². The molecule has 2 heterocycles. The monoisotopic (exact) mass is 413 g/mol. The van der Waals surface area contributed by atoms with Crippen LogP contribution in [0.15, 0.2) is 61.2 Å². The van der Waals surface area contributed by atoms with Crippen LogP contribution in [0.2, 0.25) is 0 Å². The molecule has 0 bridgehead atoms. The number of hydrogen-bond donors (Lipinski definition) is 1. The van der Waals surface area contributed by atoms with Crippen molar-refractivity contribution in [2.75, 3.05) is 31.1 Å². The zero-order valence-corrected chi connectivity index (χ0v) is 16.8. The van der Waals surface area contributed by atoms with Gasteiger partial charge in [-0.3, -0.25) is 4.90 Å². The highest BCUT2D eigenvalue weighted by Gasteiger charge is 2.42. The summed E-state index contributed by atoms with van der Waals surface area (Å²) in [6.45, 7) is 4.88. The topological polar surface area (TPSA) is 57.4 Å². The summed E-state index contributed by atoms with van der Waals surface area (Å²) >= 11 is 0. The first-order chi connectivity index (χ1) is 14.5. The molecule has 0 unspecified atom stereocenters. The van der Waals surface area contributed by atoms with Gasteiger partial charge < -0.3 is 10.0 Å². The summed E-state index contributed by atoms with van der Waals surface area (Å²) < 4.78 is 29.7. The molecular formula is C22H25F2N5O. The molecule has 4 rings (SSSR count). The van der Waals surface area contributed by atoms with Crippen molar-refractivity contribution in [3.63, 3.8) is 0 Å². The molecule has 6 nitrogen and oxygen atoms in total. The largest absolute Gasteiger partial charge is 0.381 e. The van der Waals surface area contributed by atoms with Gasteiger partial charge in [-0.2, -0.15) is 5.10 Å². The predicted octanol–water partition coefficient (Wildman–Crippen LogP) is 2.65. The van der Waals surface area contributed by atoms with Gasteiger partial charge in [-0.15, -0.1) is 0 Å². The van der Waals surface area contributed by atoms with Crippen molar-refractivity contribution in [1.82, 2.24) is 19.7 Å². The van der Waals surface area contributed by atoms with E-state index in [-0.39, 0.29) is 12.1 Å². The SMILES string of the molecule is C[C@@H](N1CCN(c2ccccc2)CC1)[C@](O)(Cn1cncn1)c1ccc(F)cc1F. The van der Waals surface area contributed by atoms with E-state index < -0.39 is 23.3 Å². The Balaban J connectivity index is 1.58. The fraction of sp³-hybridized carbons (Fsp3) is 0.364. The van der Waals surface area contributed by atoms with Crippen LogP contribution in [-0.4, -0.2) is 57.0 Å². The number of aliphatic hydroxyl groups is 1. The second-order valence-corrected chi connectivity index (χ2v) is 7.68. The van der Waals surface area contributed by atoms with E-state index >= 15 is 0 Å². The maximum Gasteiger partial charge on any atom is 0.137 e. The maximum atomic E-state index is 14.7. The molecule has 30 heavy (non-hydrogen) atoms. The molecule has 0 saturated carbocycles. The van der Waals surface area contributed by atoms with Gasteiger partial charge in [0.1, 0.15) is 29.9 Å². The number of rotatable bonds is 6. The van der Waals surface area contributed by atoms with Crippen LogP contribution < -0.4 is 4.90 Å². The Hall–Kier alpha value is -2.84. The number of aromatic nitrogens is 3. The first kappa shape index (κ1) is 20.4. The molecule has 8 heteroatoms. The van der Waals surface area contributed by atoms with Crippen molar-refractivity contribution < 1.29 is 13.9 Å². The average molecular weight is 413 g/mol. The van der Waals surface area contributed by atoms with E-state index in [1.54, 1.807) is 0 Å². The van der Waals surface area contributed by atoms with Gasteiger partial charge >= 0.3 is 0 Å². The van der Waals surface area contributed by atoms with Crippen molar-refractivity contribution in [2.24, 2.45) is 0 Å². The number of hydrogen-bond acceptors (Lipinski definition) is 5. The Bertz CT molecular complexity index is 961. The van der Waals surface area contributed by atoms with Gasteiger partial charge in [0.05, 0.1) is 6.54 Å². The predicted molar refractivity (Wildman–Crippen MR) is 110 cm³/mol. The first-order valence-electron chi connectivity index (χ1n) is 10.0. The molecule has 2 atom stereocenters. The summed E-state index contributed by atoms with van der Waals surface area (Å²) in [4.78, 5) is 8.35. The maximum absolute atomic E-state index is 14.7. The highest BCUT2D eigenvalue weighted by atomic mass is 19.1. The Labute approximate surface area is 174 Å². The molecular weight excluding hydrogens is 388 g/mol. The van der Waals surface area contributed by atoms with E-state index in [1.165, 1.54) is 29.5 Å². The molecule has 0 aliphatic carbocycles. The molecule has 0 spiro atoms. The van der Waals surface area contributed by atoms with Crippen LogP contribution in [0.5, 0.6) is 0 Å². The zero-order valence-electron chi connectivity index (χ0n) is 16.8. The van der Waals surface area contributed by atoms with Crippen molar-refractivity contribution in [2.45, 2.75) is 25.1 Å². The van der Waals surface area contributed by atoms with E-state index in [9.17, 15) is 13.9 Å². The van der Waals surface area contributed by atoms with Gasteiger partial charge in [0, 0.05) is 49.5 Å². The second-order valence-electron chi connectivity index (χ2n) is 7.68. The Morgan fingerprint density at radius 3 is 2.43 bits per heavy atom. The Morgan fingerprint density at radius 2 is 1.80 bits per heavy atom. The van der Waals surface area contributed by atoms with Gasteiger partial charge in [-0.1, -0.05) is 24.3 Å². The summed E-state index contributed by atoms with van der Waals surface area (Å²) in [7, 11) is 0. The molecule has 1 N–H and O–H groups in total. The summed E-state index contributed by atoms with van der Waals surface area (Å²) in [5, 5.41) is 15.8. The van der Waals surface area contributed by atoms with Gasteiger partial charge in [-0.05, 0) is 25.1 Å². The smallest absolute Gasteiger partial charge is 0.137 e. The molecule has 0 amide bonds. The summed E-state index contributed by atoms with van der Waals surface area (Å²) in [6.07, 6.45) is 2.84. The van der Waals surface area contributed by atoms with Crippen molar-refractivity contribution in [3.05, 3.63) is 78.4 Å². The Morgan fingerprint density at radius 1 is 1.07 bits per heavy atom. The number of anilines is 1. The number of para-hydroxylation sites is 1. The first-order valence-corrected chi connectivity index (χ1v) is 10.0. The molecule has 1 aliphatic heterocycles. The minimum atomic E-state index is -1.61. The molecule has 1 fully saturated rings. The third-order valence-corrected chi connectivity index (χ3v) is 5.94. The normalized spacial score (nSPS) is 18.2. The molecule has 0 radical (unpaired) electrons. The van der Waals surface area contributed by atoms with E-state index in [2.05, 4.69) is 32.0 Å². The number of nitrogens with zero attached hydrogens (tertiary/aromatic N) is 5. The second kappa shape index (κ2) is 8.49. The van der Waals surface area contributed by atoms with Crippen LogP contribution in [0.3, 0.4) is 0 Å². The van der Waals surface area contributed by atoms with Crippen LogP contribution in [0.25, 0.3) is 0 Å². The van der Waals surface area contributed by atoms with Crippen molar-refractivity contribution in [1.29, 1.82) is 0 Å². The highest BCUT2D eigenvalue weighted by molar-refractivity contribution is 5.46. The van der Waals surface area contributed by atoms with Crippen LogP contribution in [0.1, 0.15) is 12.5 Å². The van der Waals surface area contributed by atoms with Gasteiger partial charge in [0.2, 0.25) is 0 Å². The fourth-order valence-electron chi connectivity index (χ4n) is 4.15. The minimum absolute atomic E-state index is 0.00954. The van der Waals surface area contributed by atoms with Crippen molar-refractivity contribution >= 4 is 5.69 Å². The third kappa shape index (κ3) is 4.06. The molecule has 1 aromatic heterocycles. The lowest BCUT2D eigenvalue weighted by atomic mass is 9.85. The third-order valence-electron chi connectivity index (χ3n) is 5.94. The molecule has 1 saturated heterocycles. The number of halogens is 2. The van der Waals surface area contributed by atoms with E-state index in [0.717, 1.165) is 24.8 Å². The number of piperazine rings is 1.